The van der Waals surface area contributed by atoms with Crippen molar-refractivity contribution in [1.82, 2.24) is 0 Å². The summed E-state index contributed by atoms with van der Waals surface area (Å²) in [6, 6.07) is 0. The van der Waals surface area contributed by atoms with Gasteiger partial charge in [0, 0.05) is 15.6 Å². The largest absolute Gasteiger partial charge is 0.349 e. The zero-order valence-electron chi connectivity index (χ0n) is 6.01. The third kappa shape index (κ3) is 2.04. The highest BCUT2D eigenvalue weighted by Crippen LogP contribution is 1.89. The van der Waals surface area contributed by atoms with Crippen molar-refractivity contribution in [2.24, 2.45) is 0 Å². The van der Waals surface area contributed by atoms with E-state index in [0.717, 1.165) is 0 Å². The molecule has 0 fully saturated rings. The monoisotopic (exact) mass is 119 g/mol. The molecule has 0 aromatic carbocycles. The van der Waals surface area contributed by atoms with Gasteiger partial charge in [-0.25, -0.2) is 0 Å². The summed E-state index contributed by atoms with van der Waals surface area (Å²) in [5.41, 5.74) is 0. The highest BCUT2D eigenvalue weighted by Gasteiger charge is 2.08. The predicted molar refractivity (Wildman–Crippen MR) is 28.5 cm³/mol. The minimum absolute atomic E-state index is 0.299. The topological polar surface area (TPSA) is 35.5 Å². The lowest BCUT2D eigenvalue weighted by Gasteiger charge is -2.07. The van der Waals surface area contributed by atoms with Crippen molar-refractivity contribution in [2.45, 2.75) is 13.2 Å². The lowest BCUT2D eigenvalue weighted by Crippen LogP contribution is -2.21. The average molecular weight is 119 g/mol. The Morgan fingerprint density at radius 3 is 2.25 bits per heavy atom. The number of carbonyl (C=O) groups excluding carboxylic acids is 1. The molecule has 0 N–H and O–H groups in total. The van der Waals surface area contributed by atoms with Gasteiger partial charge in [-0.3, -0.25) is 4.79 Å². The first-order chi connectivity index (χ1) is 4.26. The highest BCUT2D eigenvalue weighted by atomic mass is 16.7. The van der Waals surface area contributed by atoms with Crippen LogP contribution in [0.5, 0.6) is 0 Å². The fourth-order valence-corrected chi connectivity index (χ4v) is 0.359. The van der Waals surface area contributed by atoms with Gasteiger partial charge in [-0.15, -0.1) is 0 Å². The Balaban J connectivity index is 3.64. The number of ketones is 1. The van der Waals surface area contributed by atoms with Crippen LogP contribution in [0, 0.1) is 0 Å². The van der Waals surface area contributed by atoms with Crippen LogP contribution in [-0.2, 0) is 14.3 Å². The maximum Gasteiger partial charge on any atom is 0.216 e. The van der Waals surface area contributed by atoms with Crippen molar-refractivity contribution in [3.05, 3.63) is 0 Å². The molecule has 0 saturated carbocycles. The Morgan fingerprint density at radius 2 is 2.12 bits per heavy atom. The molecule has 0 aromatic rings. The van der Waals surface area contributed by atoms with Crippen LogP contribution in [0.15, 0.2) is 0 Å². The Kier molecular flexibility index (Phi) is 2.56. The molecule has 0 aliphatic heterocycles. The normalized spacial score (nSPS) is 11.6. The molecule has 0 unspecified atom stereocenters. The van der Waals surface area contributed by atoms with E-state index >= 15 is 0 Å². The summed E-state index contributed by atoms with van der Waals surface area (Å²) in [6.07, 6.45) is -0.859. The summed E-state index contributed by atoms with van der Waals surface area (Å²) in [7, 11) is 2.73. The van der Waals surface area contributed by atoms with Gasteiger partial charge >= 0.3 is 0 Å². The van der Waals surface area contributed by atoms with Crippen molar-refractivity contribution in [3.63, 3.8) is 0 Å². The first-order valence-electron chi connectivity index (χ1n) is 2.84. The van der Waals surface area contributed by atoms with Crippen LogP contribution in [-0.4, -0.2) is 26.3 Å². The third-order valence-corrected chi connectivity index (χ3v) is 0.691. The van der Waals surface area contributed by atoms with Gasteiger partial charge in [0.1, 0.15) is 0 Å². The third-order valence-electron chi connectivity index (χ3n) is 0.691. The summed E-state index contributed by atoms with van der Waals surface area (Å²) >= 11 is 0. The molecule has 8 heavy (non-hydrogen) atoms. The number of carbonyl (C=O) groups is 1. The number of hydrogen-bond donors (Lipinski definition) is 0. The maximum absolute atomic E-state index is 10.5. The highest BCUT2D eigenvalue weighted by molar-refractivity contribution is 5.78. The Morgan fingerprint density at radius 1 is 1.62 bits per heavy atom. The van der Waals surface area contributed by atoms with Gasteiger partial charge in [-0.2, -0.15) is 0 Å². The molecule has 0 atom stereocenters. The minimum Gasteiger partial charge on any atom is -0.349 e. The standard InChI is InChI=1S/C5H10O3/c1-4(6)5(7-2)8-3/h5H,1-3H3/i1D. The van der Waals surface area contributed by atoms with Gasteiger partial charge in [-0.1, -0.05) is 0 Å². The van der Waals surface area contributed by atoms with Crippen LogP contribution in [0.1, 0.15) is 8.27 Å². The molecule has 0 radical (unpaired) electrons. The molecule has 0 amide bonds. The van der Waals surface area contributed by atoms with Crippen molar-refractivity contribution in [1.29, 1.82) is 0 Å². The van der Waals surface area contributed by atoms with E-state index in [1.807, 2.05) is 0 Å². The van der Waals surface area contributed by atoms with E-state index in [-0.39, 0.29) is 12.7 Å². The zero-order chi connectivity index (χ0) is 7.28. The van der Waals surface area contributed by atoms with Crippen LogP contribution in [0.4, 0.5) is 0 Å². The van der Waals surface area contributed by atoms with E-state index in [1.54, 1.807) is 0 Å². The van der Waals surface area contributed by atoms with Crippen LogP contribution in [0.25, 0.3) is 0 Å². The summed E-state index contributed by atoms with van der Waals surface area (Å²) < 4.78 is 15.8. The van der Waals surface area contributed by atoms with Crippen LogP contribution in [0.3, 0.4) is 0 Å². The summed E-state index contributed by atoms with van der Waals surface area (Å²) in [5, 5.41) is 0. The molecule has 0 rings (SSSR count). The number of hydrogen-bond acceptors (Lipinski definition) is 3. The fourth-order valence-electron chi connectivity index (χ4n) is 0.359. The van der Waals surface area contributed by atoms with Crippen LogP contribution in [0.2, 0.25) is 0 Å². The van der Waals surface area contributed by atoms with Gasteiger partial charge in [0.15, 0.2) is 5.78 Å². The summed E-state index contributed by atoms with van der Waals surface area (Å²) in [5.74, 6) is -0.361. The molecule has 0 heterocycles. The number of ether oxygens (including phenoxy) is 2. The molecule has 48 valence electrons. The van der Waals surface area contributed by atoms with Gasteiger partial charge in [0.25, 0.3) is 0 Å². The van der Waals surface area contributed by atoms with E-state index in [2.05, 4.69) is 9.47 Å². The second-order valence-electron chi connectivity index (χ2n) is 1.27. The Labute approximate surface area is 50.0 Å². The number of Topliss-reactive ketones (excluding diaryl/α,β-unsaturated/α-hetero) is 1. The second-order valence-corrected chi connectivity index (χ2v) is 1.27. The molecule has 0 saturated heterocycles. The van der Waals surface area contributed by atoms with Crippen molar-refractivity contribution < 1.29 is 15.6 Å². The van der Waals surface area contributed by atoms with Gasteiger partial charge < -0.3 is 9.47 Å². The maximum atomic E-state index is 10.5. The first-order valence-corrected chi connectivity index (χ1v) is 2.13. The van der Waals surface area contributed by atoms with Crippen molar-refractivity contribution in [2.75, 3.05) is 14.2 Å². The molecule has 0 aliphatic rings. The quantitative estimate of drug-likeness (QED) is 0.497. The molecule has 0 aromatic heterocycles. The fraction of sp³-hybridized carbons (Fsp3) is 0.800. The second kappa shape index (κ2) is 3.57. The summed E-state index contributed by atoms with van der Waals surface area (Å²) in [4.78, 5) is 10.5. The lowest BCUT2D eigenvalue weighted by molar-refractivity contribution is -0.154. The SMILES string of the molecule is [2H]CC(=O)C(OC)OC. The average Bonchev–Trinajstić information content (AvgIpc) is 1.90. The smallest absolute Gasteiger partial charge is 0.216 e. The lowest BCUT2D eigenvalue weighted by atomic mass is 10.4. The van der Waals surface area contributed by atoms with E-state index in [1.165, 1.54) is 14.2 Å². The van der Waals surface area contributed by atoms with Crippen molar-refractivity contribution in [3.8, 4) is 0 Å². The van der Waals surface area contributed by atoms with Gasteiger partial charge in [-0.05, 0) is 6.90 Å². The molecular weight excluding hydrogens is 108 g/mol. The summed E-state index contributed by atoms with van der Waals surface area (Å²) in [6.45, 7) is -0.299. The van der Waals surface area contributed by atoms with Gasteiger partial charge in [0.05, 0.1) is 0 Å². The van der Waals surface area contributed by atoms with Crippen LogP contribution >= 0.6 is 0 Å². The minimum atomic E-state index is -0.859. The number of methoxy groups -OCH3 is 2. The van der Waals surface area contributed by atoms with Gasteiger partial charge in [0.2, 0.25) is 6.29 Å². The van der Waals surface area contributed by atoms with Crippen LogP contribution < -0.4 is 0 Å². The Hall–Kier alpha value is -0.410. The first kappa shape index (κ1) is 5.72. The molecule has 0 spiro atoms. The molecule has 0 bridgehead atoms. The number of rotatable bonds is 3. The van der Waals surface area contributed by atoms with E-state index < -0.39 is 6.29 Å². The predicted octanol–water partition coefficient (Wildman–Crippen LogP) is 0.194. The van der Waals surface area contributed by atoms with E-state index in [4.69, 9.17) is 1.37 Å². The molecular formula is C5H10O3. The van der Waals surface area contributed by atoms with E-state index in [0.29, 0.717) is 0 Å². The van der Waals surface area contributed by atoms with Crippen molar-refractivity contribution >= 4 is 5.78 Å². The molecule has 3 heteroatoms. The molecule has 3 nitrogen and oxygen atoms in total. The molecule has 0 aliphatic carbocycles. The Bertz CT molecular complexity index is 90.2. The van der Waals surface area contributed by atoms with E-state index in [9.17, 15) is 4.79 Å². The zero-order valence-corrected chi connectivity index (χ0v) is 5.01.